The van der Waals surface area contributed by atoms with Crippen molar-refractivity contribution in [3.8, 4) is 6.07 Å². The Labute approximate surface area is 241 Å². The van der Waals surface area contributed by atoms with Gasteiger partial charge in [-0.3, -0.25) is 9.48 Å². The number of H-pyrrole nitrogens is 1. The summed E-state index contributed by atoms with van der Waals surface area (Å²) in [4.78, 5) is 28.2. The first-order chi connectivity index (χ1) is 19.6. The molecule has 1 aliphatic heterocycles. The maximum atomic E-state index is 13.7. The van der Waals surface area contributed by atoms with Gasteiger partial charge in [0.2, 0.25) is 0 Å². The van der Waals surface area contributed by atoms with Crippen molar-refractivity contribution in [1.82, 2.24) is 20.1 Å². The number of carbonyl (C=O) groups is 1. The maximum absolute atomic E-state index is 13.7. The second-order valence-corrected chi connectivity index (χ2v) is 11.8. The third kappa shape index (κ3) is 6.77. The topological polar surface area (TPSA) is 134 Å². The zero-order valence-corrected chi connectivity index (χ0v) is 24.1. The highest BCUT2D eigenvalue weighted by Gasteiger charge is 2.43. The second kappa shape index (κ2) is 11.8. The highest BCUT2D eigenvalue weighted by atomic mass is 19.4. The van der Waals surface area contributed by atoms with Crippen molar-refractivity contribution in [3.63, 3.8) is 0 Å². The molecule has 3 aromatic rings. The van der Waals surface area contributed by atoms with Gasteiger partial charge in [0.1, 0.15) is 17.0 Å². The Morgan fingerprint density at radius 2 is 1.95 bits per heavy atom. The van der Waals surface area contributed by atoms with Gasteiger partial charge >= 0.3 is 12.1 Å². The molecule has 42 heavy (non-hydrogen) atoms. The maximum Gasteiger partial charge on any atom is 0.407 e. The molecule has 1 fully saturated rings. The van der Waals surface area contributed by atoms with E-state index in [1.165, 1.54) is 30.5 Å². The molecule has 0 radical (unpaired) electrons. The average molecular weight is 589 g/mol. The number of benzene rings is 1. The molecular weight excluding hydrogens is 553 g/mol. The molecule has 0 unspecified atom stereocenters. The highest BCUT2D eigenvalue weighted by molar-refractivity contribution is 5.91. The number of fused-ring (bicyclic) bond motifs is 1. The number of hydrogen-bond acceptors (Lipinski definition) is 8. The molecule has 226 valence electrons. The van der Waals surface area contributed by atoms with Crippen molar-refractivity contribution in [1.29, 1.82) is 5.26 Å². The summed E-state index contributed by atoms with van der Waals surface area (Å²) < 4.78 is 53.9. The Kier molecular flexibility index (Phi) is 8.71. The predicted molar refractivity (Wildman–Crippen MR) is 150 cm³/mol. The van der Waals surface area contributed by atoms with Crippen LogP contribution >= 0.6 is 0 Å². The molecule has 13 heteroatoms. The molecule has 0 bridgehead atoms. The monoisotopic (exact) mass is 588 g/mol. The van der Waals surface area contributed by atoms with Crippen molar-refractivity contribution in [2.45, 2.75) is 89.4 Å². The fourth-order valence-corrected chi connectivity index (χ4v) is 5.03. The standard InChI is InChI=1S/C29H35F3N6O4/c1-17(2)35-23(29(30,31)32)18-6-8-19(9-7-18)36-24-22-20(11-15-34-25(22)39)38(37-24)28(13-14-33)12-10-21(41-16-28)26(40)42-27(3,4)5/h6-9,11,15,17,21,23,35H,10,12-13,16H2,1-5H3,(H,34,39)(H,36,37)/t21-,23+,28-/m0/s1. The summed E-state index contributed by atoms with van der Waals surface area (Å²) >= 11 is 0. The summed E-state index contributed by atoms with van der Waals surface area (Å²) in [7, 11) is 0. The summed E-state index contributed by atoms with van der Waals surface area (Å²) in [6.45, 7) is 8.55. The van der Waals surface area contributed by atoms with Gasteiger partial charge in [-0.05, 0) is 57.4 Å². The molecule has 2 aromatic heterocycles. The molecule has 10 nitrogen and oxygen atoms in total. The van der Waals surface area contributed by atoms with Gasteiger partial charge < -0.3 is 25.1 Å². The van der Waals surface area contributed by atoms with Crippen LogP contribution in [0.4, 0.5) is 24.7 Å². The summed E-state index contributed by atoms with van der Waals surface area (Å²) in [6.07, 6.45) is -3.20. The van der Waals surface area contributed by atoms with Crippen LogP contribution in [-0.4, -0.2) is 51.3 Å². The molecule has 1 saturated heterocycles. The normalized spacial score (nSPS) is 20.3. The Bertz CT molecular complexity index is 1510. The molecule has 0 amide bonds. The number of carbonyl (C=O) groups excluding carboxylic acids is 1. The summed E-state index contributed by atoms with van der Waals surface area (Å²) in [5.74, 6) is -0.323. The highest BCUT2D eigenvalue weighted by Crippen LogP contribution is 2.38. The number of pyridine rings is 1. The van der Waals surface area contributed by atoms with E-state index in [2.05, 4.69) is 26.8 Å². The van der Waals surface area contributed by atoms with Crippen LogP contribution in [0.15, 0.2) is 41.3 Å². The fraction of sp³-hybridized carbons (Fsp3) is 0.517. The average Bonchev–Trinajstić information content (AvgIpc) is 3.27. The van der Waals surface area contributed by atoms with E-state index in [1.807, 2.05) is 0 Å². The molecule has 0 aliphatic carbocycles. The Hall–Kier alpha value is -3.89. The van der Waals surface area contributed by atoms with Gasteiger partial charge in [0, 0.05) is 17.9 Å². The second-order valence-electron chi connectivity index (χ2n) is 11.8. The van der Waals surface area contributed by atoms with Gasteiger partial charge in [-0.25, -0.2) is 4.79 Å². The van der Waals surface area contributed by atoms with Crippen LogP contribution in [0.2, 0.25) is 0 Å². The van der Waals surface area contributed by atoms with E-state index in [0.29, 0.717) is 17.6 Å². The number of nitrogens with one attached hydrogen (secondary N) is 3. The van der Waals surface area contributed by atoms with Gasteiger partial charge in [0.15, 0.2) is 11.9 Å². The van der Waals surface area contributed by atoms with Crippen molar-refractivity contribution in [2.75, 3.05) is 11.9 Å². The van der Waals surface area contributed by atoms with Crippen molar-refractivity contribution in [3.05, 3.63) is 52.4 Å². The van der Waals surface area contributed by atoms with E-state index in [0.717, 1.165) is 0 Å². The number of nitrogens with zero attached hydrogens (tertiary/aromatic N) is 3. The van der Waals surface area contributed by atoms with E-state index in [4.69, 9.17) is 9.47 Å². The predicted octanol–water partition coefficient (Wildman–Crippen LogP) is 5.20. The van der Waals surface area contributed by atoms with Gasteiger partial charge in [-0.2, -0.15) is 23.5 Å². The third-order valence-corrected chi connectivity index (χ3v) is 6.89. The molecule has 1 aliphatic rings. The zero-order valence-electron chi connectivity index (χ0n) is 24.1. The van der Waals surface area contributed by atoms with Crippen LogP contribution in [0, 0.1) is 11.3 Å². The molecular formula is C29H35F3N6O4. The molecule has 0 spiro atoms. The summed E-state index contributed by atoms with van der Waals surface area (Å²) in [5, 5.41) is 20.2. The van der Waals surface area contributed by atoms with Crippen molar-refractivity contribution < 1.29 is 27.4 Å². The van der Waals surface area contributed by atoms with Gasteiger partial charge in [-0.15, -0.1) is 0 Å². The third-order valence-electron chi connectivity index (χ3n) is 6.89. The van der Waals surface area contributed by atoms with Crippen molar-refractivity contribution in [2.24, 2.45) is 0 Å². The zero-order chi connectivity index (χ0) is 30.9. The molecule has 3 atom stereocenters. The van der Waals surface area contributed by atoms with Crippen LogP contribution < -0.4 is 16.2 Å². The number of aromatic amines is 1. The number of ether oxygens (including phenoxy) is 2. The van der Waals surface area contributed by atoms with Crippen LogP contribution in [0.5, 0.6) is 0 Å². The molecule has 3 heterocycles. The van der Waals surface area contributed by atoms with Crippen LogP contribution in [-0.2, 0) is 19.8 Å². The lowest BCUT2D eigenvalue weighted by Crippen LogP contribution is -2.47. The number of nitriles is 1. The van der Waals surface area contributed by atoms with Gasteiger partial charge in [0.05, 0.1) is 30.2 Å². The first-order valence-electron chi connectivity index (χ1n) is 13.7. The summed E-state index contributed by atoms with van der Waals surface area (Å²) in [6, 6.07) is 7.30. The first-order valence-corrected chi connectivity index (χ1v) is 13.7. The molecule has 3 N–H and O–H groups in total. The van der Waals surface area contributed by atoms with Crippen LogP contribution in [0.25, 0.3) is 10.9 Å². The number of hydrogen-bond donors (Lipinski definition) is 3. The SMILES string of the molecule is CC(C)N[C@H](c1ccc(Nc2nn([C@]3(CC#N)CC[C@@H](C(=O)OC(C)(C)C)OC3)c3cc[nH]c(=O)c23)cc1)C(F)(F)F. The quantitative estimate of drug-likeness (QED) is 0.306. The minimum Gasteiger partial charge on any atom is -0.458 e. The summed E-state index contributed by atoms with van der Waals surface area (Å²) in [5.41, 5.74) is -1.21. The Balaban J connectivity index is 1.66. The number of esters is 1. The lowest BCUT2D eigenvalue weighted by molar-refractivity contribution is -0.176. The number of alkyl halides is 3. The van der Waals surface area contributed by atoms with Crippen LogP contribution in [0.3, 0.4) is 0 Å². The number of anilines is 2. The van der Waals surface area contributed by atoms with E-state index in [9.17, 15) is 28.0 Å². The first kappa shape index (κ1) is 31.1. The Morgan fingerprint density at radius 3 is 2.50 bits per heavy atom. The van der Waals surface area contributed by atoms with Crippen LogP contribution in [0.1, 0.15) is 65.5 Å². The Morgan fingerprint density at radius 1 is 1.26 bits per heavy atom. The minimum atomic E-state index is -4.49. The lowest BCUT2D eigenvalue weighted by Gasteiger charge is -2.39. The van der Waals surface area contributed by atoms with E-state index < -0.39 is 41.0 Å². The number of halogens is 3. The largest absolute Gasteiger partial charge is 0.458 e. The number of rotatable bonds is 8. The smallest absolute Gasteiger partial charge is 0.407 e. The minimum absolute atomic E-state index is 0.00651. The van der Waals surface area contributed by atoms with E-state index >= 15 is 0 Å². The molecule has 1 aromatic carbocycles. The lowest BCUT2D eigenvalue weighted by atomic mass is 9.87. The number of aromatic nitrogens is 3. The van der Waals surface area contributed by atoms with E-state index in [-0.39, 0.29) is 42.3 Å². The van der Waals surface area contributed by atoms with Gasteiger partial charge in [-0.1, -0.05) is 26.0 Å². The molecule has 0 saturated carbocycles. The van der Waals surface area contributed by atoms with E-state index in [1.54, 1.807) is 45.4 Å². The van der Waals surface area contributed by atoms with Crippen molar-refractivity contribution >= 4 is 28.4 Å². The molecule has 4 rings (SSSR count). The fourth-order valence-electron chi connectivity index (χ4n) is 5.03. The van der Waals surface area contributed by atoms with Gasteiger partial charge in [0.25, 0.3) is 5.56 Å².